The monoisotopic (exact) mass is 467 g/mol. The quantitative estimate of drug-likeness (QED) is 0.399. The molecular weight excluding hydrogens is 449 g/mol. The van der Waals surface area contributed by atoms with Crippen LogP contribution in [-0.2, 0) is 29.4 Å². The number of fused-ring (bicyclic) bond motifs is 1. The van der Waals surface area contributed by atoms with Crippen molar-refractivity contribution in [1.29, 1.82) is 0 Å². The van der Waals surface area contributed by atoms with Gasteiger partial charge in [0.25, 0.3) is 5.56 Å². The molecule has 2 aromatic rings. The lowest BCUT2D eigenvalue weighted by Crippen LogP contribution is -2.37. The van der Waals surface area contributed by atoms with E-state index in [0.29, 0.717) is 28.4 Å². The van der Waals surface area contributed by atoms with Gasteiger partial charge in [-0.25, -0.2) is 39.5 Å². The van der Waals surface area contributed by atoms with E-state index in [4.69, 9.17) is 0 Å². The van der Waals surface area contributed by atoms with E-state index < -0.39 is 55.3 Å². The third-order valence-electron chi connectivity index (χ3n) is 5.20. The van der Waals surface area contributed by atoms with Crippen LogP contribution >= 0.6 is 0 Å². The molecule has 7 nitrogen and oxygen atoms in total. The van der Waals surface area contributed by atoms with E-state index in [-0.39, 0.29) is 19.5 Å². The van der Waals surface area contributed by atoms with E-state index in [1.165, 1.54) is 4.57 Å². The molecule has 1 aliphatic carbocycles. The fourth-order valence-electron chi connectivity index (χ4n) is 3.57. The topological polar surface area (TPSA) is 92.2 Å². The van der Waals surface area contributed by atoms with Crippen LogP contribution in [0.15, 0.2) is 14.5 Å². The molecule has 0 atom stereocenters. The Labute approximate surface area is 173 Å². The van der Waals surface area contributed by atoms with Gasteiger partial charge in [-0.2, -0.15) is 0 Å². The number of H-pyrrole nitrogens is 1. The van der Waals surface area contributed by atoms with E-state index >= 15 is 0 Å². The number of hydrogen-bond acceptors (Lipinski definition) is 4. The Kier molecular flexibility index (Phi) is 6.37. The molecule has 0 fully saturated rings. The lowest BCUT2D eigenvalue weighted by Gasteiger charge is -2.21. The molecule has 170 valence electrons. The molecule has 0 radical (unpaired) electrons. The molecule has 0 saturated carbocycles. The third kappa shape index (κ3) is 4.03. The lowest BCUT2D eigenvalue weighted by molar-refractivity contribution is 0.352. The number of sulfonamides is 1. The Morgan fingerprint density at radius 1 is 0.935 bits per heavy atom. The number of benzene rings is 1. The zero-order valence-electron chi connectivity index (χ0n) is 16.3. The Balaban J connectivity index is 1.84. The highest BCUT2D eigenvalue weighted by Crippen LogP contribution is 2.28. The molecule has 0 aliphatic heterocycles. The van der Waals surface area contributed by atoms with Gasteiger partial charge in [-0.3, -0.25) is 14.3 Å². The van der Waals surface area contributed by atoms with Gasteiger partial charge in [-0.1, -0.05) is 0 Å². The van der Waals surface area contributed by atoms with Crippen molar-refractivity contribution in [3.8, 4) is 0 Å². The maximum atomic E-state index is 13.9. The fourth-order valence-corrected chi connectivity index (χ4v) is 4.88. The summed E-state index contributed by atoms with van der Waals surface area (Å²) in [5.74, 6) is -12.1. The summed E-state index contributed by atoms with van der Waals surface area (Å²) in [6.07, 6.45) is 2.53. The van der Waals surface area contributed by atoms with Crippen LogP contribution in [0.4, 0.5) is 22.0 Å². The lowest BCUT2D eigenvalue weighted by atomic mass is 9.97. The maximum Gasteiger partial charge on any atom is 0.328 e. The maximum absolute atomic E-state index is 13.9. The summed E-state index contributed by atoms with van der Waals surface area (Å²) in [4.78, 5) is 24.4. The van der Waals surface area contributed by atoms with Gasteiger partial charge < -0.3 is 0 Å². The van der Waals surface area contributed by atoms with Crippen LogP contribution in [0, 0.1) is 29.1 Å². The van der Waals surface area contributed by atoms with E-state index in [2.05, 4.69) is 4.98 Å². The van der Waals surface area contributed by atoms with E-state index in [1.54, 1.807) is 0 Å². The average molecular weight is 467 g/mol. The normalized spacial score (nSPS) is 14.2. The van der Waals surface area contributed by atoms with Crippen molar-refractivity contribution < 1.29 is 30.4 Å². The number of hydrogen-bond donors (Lipinski definition) is 1. The zero-order valence-corrected chi connectivity index (χ0v) is 17.1. The van der Waals surface area contributed by atoms with Crippen LogP contribution in [-0.4, -0.2) is 35.9 Å². The summed E-state index contributed by atoms with van der Waals surface area (Å²) in [5, 5.41) is 0. The first kappa shape index (κ1) is 23.1. The van der Waals surface area contributed by atoms with Crippen molar-refractivity contribution in [2.24, 2.45) is 0 Å². The van der Waals surface area contributed by atoms with Crippen molar-refractivity contribution in [3.63, 3.8) is 0 Å². The molecule has 1 N–H and O–H groups in total. The SMILES string of the molecule is CN(CCCn1c2c(c(=O)[nH]c1=O)CCCC2)S(=O)(=O)c1c(F)c(F)c(F)c(F)c1F. The van der Waals surface area contributed by atoms with Crippen molar-refractivity contribution in [2.75, 3.05) is 13.6 Å². The summed E-state index contributed by atoms with van der Waals surface area (Å²) >= 11 is 0. The zero-order chi connectivity index (χ0) is 23.1. The second-order valence-electron chi connectivity index (χ2n) is 7.12. The van der Waals surface area contributed by atoms with Crippen molar-refractivity contribution in [1.82, 2.24) is 13.9 Å². The minimum Gasteiger partial charge on any atom is -0.297 e. The number of aromatic amines is 1. The van der Waals surface area contributed by atoms with Crippen LogP contribution in [0.1, 0.15) is 30.5 Å². The van der Waals surface area contributed by atoms with Crippen molar-refractivity contribution >= 4 is 10.0 Å². The predicted molar refractivity (Wildman–Crippen MR) is 98.6 cm³/mol. The van der Waals surface area contributed by atoms with Gasteiger partial charge in [-0.05, 0) is 32.1 Å². The van der Waals surface area contributed by atoms with Gasteiger partial charge in [0.1, 0.15) is 0 Å². The first-order valence-electron chi connectivity index (χ1n) is 9.31. The van der Waals surface area contributed by atoms with Gasteiger partial charge in [0.15, 0.2) is 28.2 Å². The number of halogens is 5. The Hall–Kier alpha value is -2.54. The molecular formula is C18H18F5N3O4S. The number of aromatic nitrogens is 2. The fraction of sp³-hybridized carbons (Fsp3) is 0.444. The predicted octanol–water partition coefficient (Wildman–Crippen LogP) is 1.82. The van der Waals surface area contributed by atoms with Gasteiger partial charge >= 0.3 is 5.69 Å². The molecule has 13 heteroatoms. The molecule has 1 aromatic heterocycles. The molecule has 1 aromatic carbocycles. The Morgan fingerprint density at radius 2 is 1.48 bits per heavy atom. The van der Waals surface area contributed by atoms with Crippen LogP contribution in [0.5, 0.6) is 0 Å². The first-order chi connectivity index (χ1) is 14.5. The minimum atomic E-state index is -5.06. The van der Waals surface area contributed by atoms with Gasteiger partial charge in [0.2, 0.25) is 15.8 Å². The molecule has 1 aliphatic rings. The highest BCUT2D eigenvalue weighted by molar-refractivity contribution is 7.89. The third-order valence-corrected chi connectivity index (χ3v) is 7.07. The van der Waals surface area contributed by atoms with Crippen LogP contribution < -0.4 is 11.2 Å². The summed E-state index contributed by atoms with van der Waals surface area (Å²) in [6, 6.07) is 0. The standard InChI is InChI=1S/C18H18F5N3O4S/c1-25(31(29,30)16-14(22)12(20)11(19)13(21)15(16)23)7-4-8-26-10-6-3-2-5-9(10)17(27)24-18(26)28/h2-8H2,1H3,(H,24,27,28). The minimum absolute atomic E-state index is 0.0189. The Bertz CT molecular complexity index is 1230. The second-order valence-corrected chi connectivity index (χ2v) is 9.10. The van der Waals surface area contributed by atoms with Crippen LogP contribution in [0.25, 0.3) is 0 Å². The second kappa shape index (κ2) is 8.54. The average Bonchev–Trinajstić information content (AvgIpc) is 2.73. The van der Waals surface area contributed by atoms with Gasteiger partial charge in [0, 0.05) is 31.4 Å². The highest BCUT2D eigenvalue weighted by Gasteiger charge is 2.35. The summed E-state index contributed by atoms with van der Waals surface area (Å²) < 4.78 is 94.5. The van der Waals surface area contributed by atoms with E-state index in [9.17, 15) is 40.0 Å². The van der Waals surface area contributed by atoms with Crippen LogP contribution in [0.2, 0.25) is 0 Å². The first-order valence-corrected chi connectivity index (χ1v) is 10.7. The molecule has 3 rings (SSSR count). The molecule has 0 unspecified atom stereocenters. The van der Waals surface area contributed by atoms with Gasteiger partial charge in [-0.15, -0.1) is 0 Å². The van der Waals surface area contributed by atoms with Crippen molar-refractivity contribution in [2.45, 2.75) is 43.5 Å². The molecule has 31 heavy (non-hydrogen) atoms. The number of nitrogens with zero attached hydrogens (tertiary/aromatic N) is 2. The number of rotatable bonds is 6. The molecule has 0 amide bonds. The molecule has 0 saturated heterocycles. The summed E-state index contributed by atoms with van der Waals surface area (Å²) in [7, 11) is -4.14. The Morgan fingerprint density at radius 3 is 2.10 bits per heavy atom. The van der Waals surface area contributed by atoms with E-state index in [1.807, 2.05) is 0 Å². The number of nitrogens with one attached hydrogen (secondary N) is 1. The van der Waals surface area contributed by atoms with Crippen LogP contribution in [0.3, 0.4) is 0 Å². The van der Waals surface area contributed by atoms with Gasteiger partial charge in [0.05, 0.1) is 0 Å². The summed E-state index contributed by atoms with van der Waals surface area (Å²) in [6.45, 7) is -0.406. The molecule has 0 spiro atoms. The van der Waals surface area contributed by atoms with E-state index in [0.717, 1.165) is 19.9 Å². The summed E-state index contributed by atoms with van der Waals surface area (Å²) in [5.41, 5.74) is -0.114. The molecule has 1 heterocycles. The highest BCUT2D eigenvalue weighted by atomic mass is 32.2. The largest absolute Gasteiger partial charge is 0.328 e. The smallest absolute Gasteiger partial charge is 0.297 e. The molecule has 0 bridgehead atoms. The van der Waals surface area contributed by atoms with Crippen molar-refractivity contribution in [3.05, 3.63) is 61.2 Å².